The van der Waals surface area contributed by atoms with Crippen molar-refractivity contribution < 1.29 is 0 Å². The van der Waals surface area contributed by atoms with E-state index in [9.17, 15) is 0 Å². The molecule has 1 N–H and O–H groups in total. The van der Waals surface area contributed by atoms with Gasteiger partial charge in [-0.05, 0) is 68.6 Å². The number of hydrogen-bond acceptors (Lipinski definition) is 1. The highest BCUT2D eigenvalue weighted by molar-refractivity contribution is 5.83. The van der Waals surface area contributed by atoms with Crippen molar-refractivity contribution in [1.29, 1.82) is 5.41 Å². The van der Waals surface area contributed by atoms with Crippen molar-refractivity contribution in [3.63, 3.8) is 0 Å². The van der Waals surface area contributed by atoms with Gasteiger partial charge in [-0.3, -0.25) is 0 Å². The minimum atomic E-state index is 0.468. The van der Waals surface area contributed by atoms with Crippen molar-refractivity contribution in [1.82, 2.24) is 0 Å². The van der Waals surface area contributed by atoms with E-state index in [1.807, 2.05) is 0 Å². The Labute approximate surface area is 216 Å². The van der Waals surface area contributed by atoms with E-state index in [4.69, 9.17) is 5.41 Å². The third-order valence-corrected chi connectivity index (χ3v) is 8.80. The molecule has 0 aliphatic carbocycles. The van der Waals surface area contributed by atoms with Crippen LogP contribution in [-0.2, 0) is 0 Å². The van der Waals surface area contributed by atoms with E-state index in [1.165, 1.54) is 134 Å². The van der Waals surface area contributed by atoms with Gasteiger partial charge in [0.05, 0.1) is 0 Å². The maximum absolute atomic E-state index is 8.47. The molecule has 0 aromatic rings. The van der Waals surface area contributed by atoms with Crippen molar-refractivity contribution in [2.45, 2.75) is 176 Å². The third-order valence-electron chi connectivity index (χ3n) is 8.80. The summed E-state index contributed by atoms with van der Waals surface area (Å²) >= 11 is 0. The van der Waals surface area contributed by atoms with Crippen molar-refractivity contribution in [2.24, 2.45) is 17.3 Å². The number of allylic oxidation sites excluding steroid dienone is 1. The summed E-state index contributed by atoms with van der Waals surface area (Å²) in [6.07, 6.45) is 27.4. The van der Waals surface area contributed by atoms with Gasteiger partial charge in [-0.15, -0.1) is 0 Å². The molecule has 3 atom stereocenters. The molecule has 0 bridgehead atoms. The van der Waals surface area contributed by atoms with Gasteiger partial charge in [0.1, 0.15) is 0 Å². The van der Waals surface area contributed by atoms with E-state index in [2.05, 4.69) is 48.1 Å². The largest absolute Gasteiger partial charge is 0.309 e. The Bertz CT molecular complexity index is 493. The van der Waals surface area contributed by atoms with Crippen molar-refractivity contribution in [3.05, 3.63) is 12.2 Å². The van der Waals surface area contributed by atoms with Crippen LogP contribution in [0, 0.1) is 22.7 Å². The van der Waals surface area contributed by atoms with Gasteiger partial charge in [0.2, 0.25) is 0 Å². The maximum atomic E-state index is 8.47. The SMILES string of the molecule is C=C(CCCC)CCC(C)(CC)C(CC)CCCCCC(C)C(=N)CCCCCCCCCC. The third kappa shape index (κ3) is 16.1. The van der Waals surface area contributed by atoms with Crippen LogP contribution in [0.15, 0.2) is 12.2 Å². The fraction of sp³-hybridized carbons (Fsp3) is 0.909. The number of rotatable bonds is 25. The number of hydrogen-bond donors (Lipinski definition) is 1. The first kappa shape index (κ1) is 33.4. The standard InChI is InChI=1S/C33H65N/c1-8-12-14-15-16-17-18-22-26-32(34)30(6)24-20-19-21-25-31(10-3)33(7,11-4)28-27-29(5)23-13-9-2/h30-31,34H,5,8-28H2,1-4,6-7H3. The zero-order chi connectivity index (χ0) is 25.7. The smallest absolute Gasteiger partial charge is 0.0117 e. The van der Waals surface area contributed by atoms with E-state index in [1.54, 1.807) is 0 Å². The highest BCUT2D eigenvalue weighted by atomic mass is 14.4. The van der Waals surface area contributed by atoms with Crippen LogP contribution in [0.3, 0.4) is 0 Å². The van der Waals surface area contributed by atoms with Crippen molar-refractivity contribution in [3.8, 4) is 0 Å². The lowest BCUT2D eigenvalue weighted by Gasteiger charge is -2.37. The number of nitrogens with one attached hydrogen (secondary N) is 1. The highest BCUT2D eigenvalue weighted by Gasteiger charge is 2.30. The molecule has 0 saturated carbocycles. The summed E-state index contributed by atoms with van der Waals surface area (Å²) in [5.41, 5.74) is 2.95. The molecule has 0 fully saturated rings. The molecule has 3 unspecified atom stereocenters. The van der Waals surface area contributed by atoms with Crippen LogP contribution < -0.4 is 0 Å². The Balaban J connectivity index is 4.07. The van der Waals surface area contributed by atoms with E-state index >= 15 is 0 Å². The zero-order valence-corrected chi connectivity index (χ0v) is 24.7. The lowest BCUT2D eigenvalue weighted by atomic mass is 9.68. The van der Waals surface area contributed by atoms with Gasteiger partial charge in [0.25, 0.3) is 0 Å². The minimum Gasteiger partial charge on any atom is -0.309 e. The summed E-state index contributed by atoms with van der Waals surface area (Å²) in [5, 5.41) is 8.47. The van der Waals surface area contributed by atoms with E-state index < -0.39 is 0 Å². The molecule has 0 saturated heterocycles. The molecule has 0 aliphatic rings. The lowest BCUT2D eigenvalue weighted by Crippen LogP contribution is -2.26. The van der Waals surface area contributed by atoms with Crippen molar-refractivity contribution in [2.75, 3.05) is 0 Å². The van der Waals surface area contributed by atoms with Gasteiger partial charge in [0.15, 0.2) is 0 Å². The fourth-order valence-electron chi connectivity index (χ4n) is 5.62. The first-order chi connectivity index (χ1) is 16.3. The predicted molar refractivity (Wildman–Crippen MR) is 157 cm³/mol. The van der Waals surface area contributed by atoms with Gasteiger partial charge in [0, 0.05) is 5.71 Å². The molecule has 0 amide bonds. The second kappa shape index (κ2) is 21.7. The Morgan fingerprint density at radius 1 is 0.706 bits per heavy atom. The average Bonchev–Trinajstić information content (AvgIpc) is 2.84. The van der Waals surface area contributed by atoms with Crippen molar-refractivity contribution >= 4 is 5.71 Å². The van der Waals surface area contributed by atoms with Gasteiger partial charge >= 0.3 is 0 Å². The normalized spacial score (nSPS) is 15.1. The second-order valence-electron chi connectivity index (χ2n) is 11.8. The summed E-state index contributed by atoms with van der Waals surface area (Å²) in [5.74, 6) is 1.33. The van der Waals surface area contributed by atoms with Crippen LogP contribution in [0.5, 0.6) is 0 Å². The Morgan fingerprint density at radius 2 is 1.26 bits per heavy atom. The molecule has 0 heterocycles. The molecule has 0 aromatic carbocycles. The first-order valence-electron chi connectivity index (χ1n) is 15.6. The fourth-order valence-corrected chi connectivity index (χ4v) is 5.62. The van der Waals surface area contributed by atoms with Gasteiger partial charge in [-0.1, -0.05) is 137 Å². The molecule has 0 radical (unpaired) electrons. The average molecular weight is 476 g/mol. The molecule has 0 rings (SSSR count). The minimum absolute atomic E-state index is 0.468. The molecule has 202 valence electrons. The molecule has 1 nitrogen and oxygen atoms in total. The van der Waals surface area contributed by atoms with Gasteiger partial charge in [-0.2, -0.15) is 0 Å². The molecular weight excluding hydrogens is 410 g/mol. The Kier molecular flexibility index (Phi) is 21.3. The van der Waals surface area contributed by atoms with E-state index in [-0.39, 0.29) is 0 Å². The molecule has 0 aromatic heterocycles. The molecule has 0 aliphatic heterocycles. The monoisotopic (exact) mass is 476 g/mol. The molecule has 0 spiro atoms. The lowest BCUT2D eigenvalue weighted by molar-refractivity contribution is 0.142. The molecular formula is C33H65N. The number of unbranched alkanes of at least 4 members (excludes halogenated alkanes) is 10. The van der Waals surface area contributed by atoms with Crippen LogP contribution in [0.2, 0.25) is 0 Å². The predicted octanol–water partition coefficient (Wildman–Crippen LogP) is 12.1. The Morgan fingerprint density at radius 3 is 1.85 bits per heavy atom. The summed E-state index contributed by atoms with van der Waals surface area (Å²) in [6.45, 7) is 18.6. The zero-order valence-electron chi connectivity index (χ0n) is 24.7. The van der Waals surface area contributed by atoms with Crippen LogP contribution in [0.25, 0.3) is 0 Å². The van der Waals surface area contributed by atoms with Crippen LogP contribution >= 0.6 is 0 Å². The van der Waals surface area contributed by atoms with Gasteiger partial charge < -0.3 is 5.41 Å². The highest BCUT2D eigenvalue weighted by Crippen LogP contribution is 2.42. The molecule has 34 heavy (non-hydrogen) atoms. The van der Waals surface area contributed by atoms with Crippen LogP contribution in [0.1, 0.15) is 176 Å². The molecule has 1 heteroatoms. The van der Waals surface area contributed by atoms with Crippen LogP contribution in [0.4, 0.5) is 0 Å². The summed E-state index contributed by atoms with van der Waals surface area (Å²) in [6, 6.07) is 0. The maximum Gasteiger partial charge on any atom is 0.0117 e. The Hall–Kier alpha value is -0.590. The van der Waals surface area contributed by atoms with E-state index in [0.717, 1.165) is 18.1 Å². The topological polar surface area (TPSA) is 23.9 Å². The quantitative estimate of drug-likeness (QED) is 0.0771. The first-order valence-corrected chi connectivity index (χ1v) is 15.6. The van der Waals surface area contributed by atoms with E-state index in [0.29, 0.717) is 11.3 Å². The summed E-state index contributed by atoms with van der Waals surface area (Å²) < 4.78 is 0. The summed E-state index contributed by atoms with van der Waals surface area (Å²) in [7, 11) is 0. The van der Waals surface area contributed by atoms with Gasteiger partial charge in [-0.25, -0.2) is 0 Å². The summed E-state index contributed by atoms with van der Waals surface area (Å²) in [4.78, 5) is 0. The van der Waals surface area contributed by atoms with Crippen LogP contribution in [-0.4, -0.2) is 5.71 Å². The second-order valence-corrected chi connectivity index (χ2v) is 11.8.